The Balaban J connectivity index is 2.50. The summed E-state index contributed by atoms with van der Waals surface area (Å²) in [7, 11) is 2.70. The Labute approximate surface area is 167 Å². The first-order chi connectivity index (χ1) is 13.9. The number of carbonyl (C=O) groups excluding carboxylic acids is 2. The lowest BCUT2D eigenvalue weighted by atomic mass is 9.96. The van der Waals surface area contributed by atoms with E-state index < -0.39 is 23.4 Å². The maximum Gasteiger partial charge on any atom is 0.341 e. The van der Waals surface area contributed by atoms with Crippen LogP contribution >= 0.6 is 0 Å². The largest absolute Gasteiger partial charge is 0.496 e. The SMILES string of the molecule is C/C=C(\C(=O)OCC)C(=O)c1cc(Cc2cccc(OC)c2F)c(OC)cc1F. The number of halogens is 2. The van der Waals surface area contributed by atoms with Crippen molar-refractivity contribution in [3.63, 3.8) is 0 Å². The quantitative estimate of drug-likeness (QED) is 0.216. The monoisotopic (exact) mass is 404 g/mol. The standard InChI is InChI=1S/C22H22F2O5/c1-5-15(22(26)29-6-2)21(25)16-11-14(19(28-4)12-17(16)23)10-13-8-7-9-18(27-3)20(13)24/h5,7-9,11-12H,6,10H2,1-4H3/b15-5-. The summed E-state index contributed by atoms with van der Waals surface area (Å²) in [6, 6.07) is 6.96. The lowest BCUT2D eigenvalue weighted by Gasteiger charge is -2.14. The number of benzene rings is 2. The van der Waals surface area contributed by atoms with E-state index in [1.54, 1.807) is 19.1 Å². The Kier molecular flexibility index (Phi) is 7.47. The number of methoxy groups -OCH3 is 2. The number of rotatable bonds is 8. The van der Waals surface area contributed by atoms with Crippen molar-refractivity contribution in [2.24, 2.45) is 0 Å². The third-order valence-corrected chi connectivity index (χ3v) is 4.29. The van der Waals surface area contributed by atoms with Gasteiger partial charge in [-0.25, -0.2) is 13.6 Å². The van der Waals surface area contributed by atoms with Gasteiger partial charge >= 0.3 is 5.97 Å². The average molecular weight is 404 g/mol. The van der Waals surface area contributed by atoms with Gasteiger partial charge in [-0.3, -0.25) is 4.79 Å². The van der Waals surface area contributed by atoms with Crippen molar-refractivity contribution in [1.29, 1.82) is 0 Å². The minimum absolute atomic E-state index is 0.0251. The van der Waals surface area contributed by atoms with Crippen molar-refractivity contribution in [2.45, 2.75) is 20.3 Å². The van der Waals surface area contributed by atoms with Gasteiger partial charge in [-0.15, -0.1) is 0 Å². The summed E-state index contributed by atoms with van der Waals surface area (Å²) in [6.45, 7) is 3.16. The van der Waals surface area contributed by atoms with Crippen LogP contribution in [0.15, 0.2) is 42.0 Å². The number of carbonyl (C=O) groups is 2. The van der Waals surface area contributed by atoms with E-state index in [2.05, 4.69) is 0 Å². The molecule has 29 heavy (non-hydrogen) atoms. The van der Waals surface area contributed by atoms with E-state index in [0.29, 0.717) is 5.56 Å². The van der Waals surface area contributed by atoms with Crippen molar-refractivity contribution in [3.8, 4) is 11.5 Å². The summed E-state index contributed by atoms with van der Waals surface area (Å²) in [4.78, 5) is 24.7. The van der Waals surface area contributed by atoms with Gasteiger partial charge in [0.2, 0.25) is 5.78 Å². The van der Waals surface area contributed by atoms with Gasteiger partial charge in [0.1, 0.15) is 17.1 Å². The molecule has 0 atom stereocenters. The second-order valence-electron chi connectivity index (χ2n) is 6.01. The summed E-state index contributed by atoms with van der Waals surface area (Å²) in [5.74, 6) is -2.85. The minimum Gasteiger partial charge on any atom is -0.496 e. The molecule has 0 N–H and O–H groups in total. The zero-order chi connectivity index (χ0) is 21.6. The molecule has 2 aromatic rings. The first-order valence-electron chi connectivity index (χ1n) is 8.93. The molecular weight excluding hydrogens is 382 g/mol. The molecule has 0 saturated heterocycles. The van der Waals surface area contributed by atoms with Gasteiger partial charge in [-0.05, 0) is 37.1 Å². The summed E-state index contributed by atoms with van der Waals surface area (Å²) in [5.41, 5.74) is 0.0488. The van der Waals surface area contributed by atoms with Gasteiger partial charge in [-0.2, -0.15) is 0 Å². The third kappa shape index (κ3) is 4.80. The zero-order valence-corrected chi connectivity index (χ0v) is 16.7. The maximum atomic E-state index is 14.6. The van der Waals surface area contributed by atoms with E-state index in [1.165, 1.54) is 39.4 Å². The van der Waals surface area contributed by atoms with Gasteiger partial charge < -0.3 is 14.2 Å². The molecule has 2 aromatic carbocycles. The van der Waals surface area contributed by atoms with E-state index in [1.807, 2.05) is 0 Å². The summed E-state index contributed by atoms with van der Waals surface area (Å²) >= 11 is 0. The van der Waals surface area contributed by atoms with Crippen LogP contribution in [0.3, 0.4) is 0 Å². The summed E-state index contributed by atoms with van der Waals surface area (Å²) < 4.78 is 44.1. The number of ether oxygens (including phenoxy) is 3. The molecule has 0 unspecified atom stereocenters. The van der Waals surface area contributed by atoms with Crippen molar-refractivity contribution >= 4 is 11.8 Å². The fourth-order valence-corrected chi connectivity index (χ4v) is 2.85. The highest BCUT2D eigenvalue weighted by molar-refractivity contribution is 6.24. The first-order valence-corrected chi connectivity index (χ1v) is 8.93. The van der Waals surface area contributed by atoms with Crippen LogP contribution in [0.2, 0.25) is 0 Å². The molecule has 0 aliphatic carbocycles. The number of allylic oxidation sites excluding steroid dienone is 1. The van der Waals surface area contributed by atoms with Crippen LogP contribution in [0.1, 0.15) is 35.3 Å². The maximum absolute atomic E-state index is 14.6. The molecule has 0 fully saturated rings. The molecule has 0 heterocycles. The van der Waals surface area contributed by atoms with Crippen molar-refractivity contribution < 1.29 is 32.6 Å². The van der Waals surface area contributed by atoms with Gasteiger partial charge in [0.25, 0.3) is 0 Å². The van der Waals surface area contributed by atoms with Crippen molar-refractivity contribution in [2.75, 3.05) is 20.8 Å². The fourth-order valence-electron chi connectivity index (χ4n) is 2.85. The number of ketones is 1. The number of esters is 1. The average Bonchev–Trinajstić information content (AvgIpc) is 2.71. The zero-order valence-electron chi connectivity index (χ0n) is 16.7. The Morgan fingerprint density at radius 2 is 1.72 bits per heavy atom. The highest BCUT2D eigenvalue weighted by Gasteiger charge is 2.25. The molecule has 0 bridgehead atoms. The molecule has 0 saturated carbocycles. The van der Waals surface area contributed by atoms with E-state index >= 15 is 0 Å². The van der Waals surface area contributed by atoms with Gasteiger partial charge in [0, 0.05) is 12.5 Å². The number of hydrogen-bond donors (Lipinski definition) is 0. The number of hydrogen-bond acceptors (Lipinski definition) is 5. The van der Waals surface area contributed by atoms with Crippen LogP contribution < -0.4 is 9.47 Å². The van der Waals surface area contributed by atoms with Crippen LogP contribution in [0.4, 0.5) is 8.78 Å². The van der Waals surface area contributed by atoms with Crippen molar-refractivity contribution in [3.05, 3.63) is 70.3 Å². The molecule has 0 aliphatic rings. The molecule has 154 valence electrons. The van der Waals surface area contributed by atoms with Crippen LogP contribution in [0.25, 0.3) is 0 Å². The predicted molar refractivity (Wildman–Crippen MR) is 103 cm³/mol. The van der Waals surface area contributed by atoms with Crippen LogP contribution in [0, 0.1) is 11.6 Å². The van der Waals surface area contributed by atoms with Crippen LogP contribution in [0.5, 0.6) is 11.5 Å². The van der Waals surface area contributed by atoms with Gasteiger partial charge in [0.15, 0.2) is 11.6 Å². The molecule has 0 radical (unpaired) electrons. The minimum atomic E-state index is -0.856. The lowest BCUT2D eigenvalue weighted by molar-refractivity contribution is -0.138. The van der Waals surface area contributed by atoms with Crippen LogP contribution in [-0.2, 0) is 16.0 Å². The van der Waals surface area contributed by atoms with E-state index in [9.17, 15) is 18.4 Å². The molecule has 5 nitrogen and oxygen atoms in total. The topological polar surface area (TPSA) is 61.8 Å². The predicted octanol–water partition coefficient (Wildman–Crippen LogP) is 4.26. The molecule has 2 rings (SSSR count). The van der Waals surface area contributed by atoms with Gasteiger partial charge in [0.05, 0.1) is 26.4 Å². The molecule has 0 aromatic heterocycles. The van der Waals surface area contributed by atoms with Gasteiger partial charge in [-0.1, -0.05) is 18.2 Å². The number of Topliss-reactive ketones (excluding diaryl/α,β-unsaturated/α-hetero) is 1. The van der Waals surface area contributed by atoms with E-state index in [-0.39, 0.29) is 41.2 Å². The second-order valence-corrected chi connectivity index (χ2v) is 6.01. The lowest BCUT2D eigenvalue weighted by Crippen LogP contribution is -2.17. The Morgan fingerprint density at radius 3 is 2.31 bits per heavy atom. The summed E-state index contributed by atoms with van der Waals surface area (Å²) in [6.07, 6.45) is 1.29. The summed E-state index contributed by atoms with van der Waals surface area (Å²) in [5, 5.41) is 0. The van der Waals surface area contributed by atoms with Crippen molar-refractivity contribution in [1.82, 2.24) is 0 Å². The second kappa shape index (κ2) is 9.82. The smallest absolute Gasteiger partial charge is 0.341 e. The fraction of sp³-hybridized carbons (Fsp3) is 0.273. The highest BCUT2D eigenvalue weighted by Crippen LogP contribution is 2.29. The molecular formula is C22H22F2O5. The Bertz CT molecular complexity index is 950. The van der Waals surface area contributed by atoms with E-state index in [0.717, 1.165) is 6.07 Å². The van der Waals surface area contributed by atoms with E-state index in [4.69, 9.17) is 14.2 Å². The molecule has 0 spiro atoms. The van der Waals surface area contributed by atoms with Crippen LogP contribution in [-0.4, -0.2) is 32.6 Å². The first kappa shape index (κ1) is 22.1. The Hall–Kier alpha value is -3.22. The molecule has 0 aliphatic heterocycles. The molecule has 7 heteroatoms. The third-order valence-electron chi connectivity index (χ3n) is 4.29. The Morgan fingerprint density at radius 1 is 1.03 bits per heavy atom. The normalized spacial score (nSPS) is 11.2. The highest BCUT2D eigenvalue weighted by atomic mass is 19.1. The molecule has 0 amide bonds.